The fourth-order valence-corrected chi connectivity index (χ4v) is 7.78. The number of rotatable bonds is 5. The Kier molecular flexibility index (Phi) is 7.36. The third-order valence-corrected chi connectivity index (χ3v) is 9.76. The number of aliphatic hydroxyl groups is 3. The molecular weight excluding hydrogens is 480 g/mol. The molecule has 0 aromatic carbocycles. The van der Waals surface area contributed by atoms with Gasteiger partial charge in [0.1, 0.15) is 5.60 Å². The predicted molar refractivity (Wildman–Crippen MR) is 135 cm³/mol. The first-order valence-electron chi connectivity index (χ1n) is 13.4. The average molecular weight is 525 g/mol. The quantitative estimate of drug-likeness (QED) is 0.388. The third-order valence-electron chi connectivity index (χ3n) is 9.76. The van der Waals surface area contributed by atoms with Crippen molar-refractivity contribution in [3.8, 4) is 0 Å². The molecule has 0 spiro atoms. The molecule has 0 radical (unpaired) electrons. The maximum atomic E-state index is 13.9. The number of ether oxygens (including phenoxy) is 3. The van der Waals surface area contributed by atoms with E-state index in [1.54, 1.807) is 13.8 Å². The molecule has 1 amide bonds. The molecule has 2 saturated carbocycles. The maximum Gasteiger partial charge on any atom is 0.407 e. The lowest BCUT2D eigenvalue weighted by Gasteiger charge is -2.71. The summed E-state index contributed by atoms with van der Waals surface area (Å²) in [5.74, 6) is -1.28. The fourth-order valence-electron chi connectivity index (χ4n) is 7.78. The van der Waals surface area contributed by atoms with E-state index in [-0.39, 0.29) is 6.42 Å². The van der Waals surface area contributed by atoms with Crippen molar-refractivity contribution in [2.75, 3.05) is 39.4 Å². The van der Waals surface area contributed by atoms with Crippen LogP contribution in [-0.4, -0.2) is 107 Å². The van der Waals surface area contributed by atoms with E-state index in [1.807, 2.05) is 13.8 Å². The highest BCUT2D eigenvalue weighted by Crippen LogP contribution is 2.67. The van der Waals surface area contributed by atoms with Crippen LogP contribution in [0.25, 0.3) is 0 Å². The van der Waals surface area contributed by atoms with Crippen LogP contribution in [0.15, 0.2) is 12.7 Å². The molecule has 4 N–H and O–H groups in total. The Hall–Kier alpha value is -1.56. The Balaban J connectivity index is 1.69. The fraction of sp³-hybridized carbons (Fsp3) is 0.852. The number of morpholine rings is 1. The third kappa shape index (κ3) is 4.24. The smallest absolute Gasteiger partial charge is 0.407 e. The lowest BCUT2D eigenvalue weighted by atomic mass is 9.40. The van der Waals surface area contributed by atoms with Gasteiger partial charge in [0.05, 0.1) is 31.0 Å². The van der Waals surface area contributed by atoms with Gasteiger partial charge in [0.2, 0.25) is 0 Å². The van der Waals surface area contributed by atoms with Crippen LogP contribution in [0.2, 0.25) is 0 Å². The lowest BCUT2D eigenvalue weighted by molar-refractivity contribution is -0.369. The number of nitrogens with zero attached hydrogens (tertiary/aromatic N) is 1. The van der Waals surface area contributed by atoms with Crippen molar-refractivity contribution >= 4 is 11.9 Å². The summed E-state index contributed by atoms with van der Waals surface area (Å²) in [5, 5.41) is 38.3. The van der Waals surface area contributed by atoms with Crippen LogP contribution >= 0.6 is 0 Å². The number of alkyl carbamates (subject to hydrolysis) is 1. The minimum Gasteiger partial charge on any atom is -0.440 e. The summed E-state index contributed by atoms with van der Waals surface area (Å²) in [6, 6.07) is 0. The first-order chi connectivity index (χ1) is 17.2. The molecule has 10 nitrogen and oxygen atoms in total. The Bertz CT molecular complexity index is 922. The van der Waals surface area contributed by atoms with Crippen molar-refractivity contribution in [3.05, 3.63) is 12.7 Å². The number of amides is 1. The van der Waals surface area contributed by atoms with Crippen LogP contribution in [0.5, 0.6) is 0 Å². The van der Waals surface area contributed by atoms with Gasteiger partial charge in [-0.05, 0) is 32.1 Å². The number of ketones is 1. The predicted octanol–water partition coefficient (Wildman–Crippen LogP) is 1.02. The van der Waals surface area contributed by atoms with E-state index in [2.05, 4.69) is 16.8 Å². The molecule has 8 atom stereocenters. The molecule has 37 heavy (non-hydrogen) atoms. The van der Waals surface area contributed by atoms with Crippen molar-refractivity contribution in [1.29, 1.82) is 0 Å². The van der Waals surface area contributed by atoms with Crippen LogP contribution in [0.1, 0.15) is 53.9 Å². The molecule has 0 aromatic rings. The highest BCUT2D eigenvalue weighted by molar-refractivity contribution is 5.92. The summed E-state index contributed by atoms with van der Waals surface area (Å²) in [6.07, 6.45) is -2.31. The van der Waals surface area contributed by atoms with Gasteiger partial charge >= 0.3 is 6.09 Å². The highest BCUT2D eigenvalue weighted by Gasteiger charge is 2.81. The molecule has 0 unspecified atom stereocenters. The van der Waals surface area contributed by atoms with Gasteiger partial charge in [-0.2, -0.15) is 0 Å². The second kappa shape index (κ2) is 9.57. The molecule has 2 saturated heterocycles. The zero-order valence-electron chi connectivity index (χ0n) is 22.8. The van der Waals surface area contributed by atoms with E-state index in [1.165, 1.54) is 13.0 Å². The first kappa shape index (κ1) is 28.4. The second-order valence-corrected chi connectivity index (χ2v) is 12.5. The number of hydrogen-bond donors (Lipinski definition) is 4. The molecule has 2 aliphatic carbocycles. The van der Waals surface area contributed by atoms with Gasteiger partial charge < -0.3 is 34.8 Å². The zero-order valence-corrected chi connectivity index (χ0v) is 22.8. The number of aliphatic hydroxyl groups excluding tert-OH is 2. The first-order valence-corrected chi connectivity index (χ1v) is 13.4. The number of hydrogen-bond acceptors (Lipinski definition) is 9. The van der Waals surface area contributed by atoms with Gasteiger partial charge in [-0.1, -0.05) is 26.8 Å². The molecule has 2 heterocycles. The number of fused-ring (bicyclic) bond motifs is 3. The number of carbonyl (C=O) groups excluding carboxylic acids is 2. The average Bonchev–Trinajstić information content (AvgIpc) is 2.83. The standard InChI is InChI=1S/C27H44N2O8/c1-7-24(4)16-18(31)27(34)25(5)17(30)8-9-23(2,3)20(25)19(32)21(26(27,6)37-24)36-22(33)28-10-11-29-12-14-35-15-13-29/h7,17,19-21,30,32,34H,1,8-16H2,2-6H3,(H,28,33)/t17-,19-,20-,21-,24-,25-,26+,27-/m0/s1. The molecule has 210 valence electrons. The molecular formula is C27H44N2O8. The van der Waals surface area contributed by atoms with Gasteiger partial charge in [-0.15, -0.1) is 6.58 Å². The van der Waals surface area contributed by atoms with Crippen molar-refractivity contribution < 1.29 is 39.1 Å². The van der Waals surface area contributed by atoms with E-state index >= 15 is 0 Å². The molecule has 4 fully saturated rings. The van der Waals surface area contributed by atoms with E-state index in [0.29, 0.717) is 39.1 Å². The maximum absolute atomic E-state index is 13.9. The van der Waals surface area contributed by atoms with Gasteiger partial charge in [0.25, 0.3) is 0 Å². The lowest BCUT2D eigenvalue weighted by Crippen LogP contribution is -2.86. The summed E-state index contributed by atoms with van der Waals surface area (Å²) in [4.78, 5) is 29.1. The minimum absolute atomic E-state index is 0.160. The second-order valence-electron chi connectivity index (χ2n) is 12.5. The zero-order chi connectivity index (χ0) is 27.4. The van der Waals surface area contributed by atoms with Crippen molar-refractivity contribution in [1.82, 2.24) is 10.2 Å². The molecule has 4 rings (SSSR count). The molecule has 10 heteroatoms. The van der Waals surface area contributed by atoms with Crippen molar-refractivity contribution in [2.24, 2.45) is 16.7 Å². The summed E-state index contributed by atoms with van der Waals surface area (Å²) in [5.41, 5.74) is -7.27. The van der Waals surface area contributed by atoms with E-state index in [4.69, 9.17) is 14.2 Å². The molecule has 4 aliphatic rings. The summed E-state index contributed by atoms with van der Waals surface area (Å²) in [7, 11) is 0. The van der Waals surface area contributed by atoms with E-state index in [0.717, 1.165) is 13.1 Å². The Labute approximate surface area is 219 Å². The van der Waals surface area contributed by atoms with Gasteiger partial charge in [-0.25, -0.2) is 4.79 Å². The largest absolute Gasteiger partial charge is 0.440 e. The summed E-state index contributed by atoms with van der Waals surface area (Å²) < 4.78 is 17.6. The minimum atomic E-state index is -2.23. The van der Waals surface area contributed by atoms with Crippen LogP contribution in [0, 0.1) is 16.7 Å². The number of Topliss-reactive ketones (excluding diaryl/α,β-unsaturated/α-hetero) is 1. The van der Waals surface area contributed by atoms with Crippen LogP contribution in [0.3, 0.4) is 0 Å². The van der Waals surface area contributed by atoms with Gasteiger partial charge in [0.15, 0.2) is 17.5 Å². The highest BCUT2D eigenvalue weighted by atomic mass is 16.6. The number of nitrogens with one attached hydrogen (secondary N) is 1. The van der Waals surface area contributed by atoms with E-state index in [9.17, 15) is 24.9 Å². The molecule has 0 aromatic heterocycles. The van der Waals surface area contributed by atoms with Crippen molar-refractivity contribution in [2.45, 2.75) is 89.0 Å². The van der Waals surface area contributed by atoms with Gasteiger partial charge in [-0.3, -0.25) is 9.69 Å². The van der Waals surface area contributed by atoms with Crippen LogP contribution < -0.4 is 5.32 Å². The van der Waals surface area contributed by atoms with Crippen molar-refractivity contribution in [3.63, 3.8) is 0 Å². The summed E-state index contributed by atoms with van der Waals surface area (Å²) in [6.45, 7) is 16.3. The van der Waals surface area contributed by atoms with Crippen LogP contribution in [0.4, 0.5) is 4.79 Å². The Morgan fingerprint density at radius 2 is 1.86 bits per heavy atom. The molecule has 0 bridgehead atoms. The summed E-state index contributed by atoms with van der Waals surface area (Å²) >= 11 is 0. The van der Waals surface area contributed by atoms with Crippen LogP contribution in [-0.2, 0) is 19.0 Å². The Morgan fingerprint density at radius 1 is 1.22 bits per heavy atom. The van der Waals surface area contributed by atoms with Gasteiger partial charge in [0, 0.05) is 43.9 Å². The molecule has 2 aliphatic heterocycles. The SMILES string of the molecule is C=C[C@@]1(C)CC(=O)[C@]2(O)[C@@]3(C)[C@@H](O)CCC(C)(C)[C@@H]3[C@H](O)[C@H](OC(=O)NCCN3CCOCC3)[C@@]2(C)O1. The van der Waals surface area contributed by atoms with E-state index < -0.39 is 63.7 Å². The number of carbonyl (C=O) groups is 2. The topological polar surface area (TPSA) is 138 Å². The Morgan fingerprint density at radius 3 is 2.49 bits per heavy atom. The normalized spacial score (nSPS) is 45.9. The monoisotopic (exact) mass is 524 g/mol.